The van der Waals surface area contributed by atoms with E-state index in [1.165, 1.54) is 5.56 Å². The molecule has 0 spiro atoms. The van der Waals surface area contributed by atoms with E-state index >= 15 is 0 Å². The maximum Gasteiger partial charge on any atom is 0.141 e. The minimum Gasteiger partial charge on any atom is -0.395 e. The fourth-order valence-corrected chi connectivity index (χ4v) is 3.71. The average molecular weight is 343 g/mol. The van der Waals surface area contributed by atoms with Crippen molar-refractivity contribution in [2.24, 2.45) is 0 Å². The van der Waals surface area contributed by atoms with Crippen LogP contribution in [-0.4, -0.2) is 46.5 Å². The summed E-state index contributed by atoms with van der Waals surface area (Å²) in [6.07, 6.45) is 2.56. The Morgan fingerprint density at radius 1 is 1.04 bits per heavy atom. The van der Waals surface area contributed by atoms with E-state index in [9.17, 15) is 10.2 Å². The van der Waals surface area contributed by atoms with Crippen molar-refractivity contribution in [1.29, 1.82) is 0 Å². The van der Waals surface area contributed by atoms with Crippen LogP contribution >= 0.6 is 11.3 Å². The molecule has 0 radical (unpaired) electrons. The van der Waals surface area contributed by atoms with Crippen molar-refractivity contribution in [2.45, 2.75) is 13.3 Å². The summed E-state index contributed by atoms with van der Waals surface area (Å²) in [5.41, 5.74) is 3.52. The van der Waals surface area contributed by atoms with Crippen LogP contribution in [0.15, 0.2) is 36.0 Å². The van der Waals surface area contributed by atoms with Gasteiger partial charge in [-0.1, -0.05) is 31.2 Å². The summed E-state index contributed by atoms with van der Waals surface area (Å²) in [5, 5.41) is 21.7. The van der Waals surface area contributed by atoms with Crippen molar-refractivity contribution in [2.75, 3.05) is 31.2 Å². The minimum atomic E-state index is 0.0101. The van der Waals surface area contributed by atoms with E-state index < -0.39 is 0 Å². The van der Waals surface area contributed by atoms with Crippen molar-refractivity contribution in [1.82, 2.24) is 9.97 Å². The molecule has 0 aliphatic heterocycles. The molecule has 3 rings (SSSR count). The molecule has 0 atom stereocenters. The highest BCUT2D eigenvalue weighted by Gasteiger charge is 2.17. The normalized spacial score (nSPS) is 11.1. The van der Waals surface area contributed by atoms with Gasteiger partial charge >= 0.3 is 0 Å². The maximum atomic E-state index is 9.33. The van der Waals surface area contributed by atoms with E-state index in [2.05, 4.69) is 46.5 Å². The quantitative estimate of drug-likeness (QED) is 0.690. The van der Waals surface area contributed by atoms with Crippen molar-refractivity contribution in [3.8, 4) is 11.1 Å². The van der Waals surface area contributed by atoms with Gasteiger partial charge < -0.3 is 15.1 Å². The number of hydrogen-bond donors (Lipinski definition) is 2. The van der Waals surface area contributed by atoms with Crippen LogP contribution in [0.2, 0.25) is 0 Å². The first kappa shape index (κ1) is 16.8. The predicted molar refractivity (Wildman–Crippen MR) is 98.6 cm³/mol. The van der Waals surface area contributed by atoms with Crippen LogP contribution in [0.5, 0.6) is 0 Å². The number of aromatic nitrogens is 2. The zero-order valence-electron chi connectivity index (χ0n) is 13.6. The summed E-state index contributed by atoms with van der Waals surface area (Å²) < 4.78 is 0. The van der Waals surface area contributed by atoms with Gasteiger partial charge in [-0.25, -0.2) is 9.97 Å². The summed E-state index contributed by atoms with van der Waals surface area (Å²) in [5.74, 6) is 0.763. The number of hydrogen-bond acceptors (Lipinski definition) is 6. The smallest absolute Gasteiger partial charge is 0.141 e. The molecule has 2 heterocycles. The first-order chi connectivity index (χ1) is 11.8. The highest BCUT2D eigenvalue weighted by atomic mass is 32.1. The molecule has 0 saturated heterocycles. The van der Waals surface area contributed by atoms with Gasteiger partial charge in [0.1, 0.15) is 17.0 Å². The van der Waals surface area contributed by atoms with Crippen molar-refractivity contribution < 1.29 is 10.2 Å². The second kappa shape index (κ2) is 7.70. The maximum absolute atomic E-state index is 9.33. The van der Waals surface area contributed by atoms with Gasteiger partial charge in [-0.15, -0.1) is 11.3 Å². The molecule has 0 aliphatic rings. The molecule has 0 fully saturated rings. The zero-order valence-corrected chi connectivity index (χ0v) is 14.5. The Morgan fingerprint density at radius 2 is 1.75 bits per heavy atom. The van der Waals surface area contributed by atoms with Crippen LogP contribution in [0.25, 0.3) is 21.3 Å². The van der Waals surface area contributed by atoms with Crippen LogP contribution in [-0.2, 0) is 6.42 Å². The Labute approximate surface area is 145 Å². The molecular weight excluding hydrogens is 322 g/mol. The van der Waals surface area contributed by atoms with Gasteiger partial charge in [0.15, 0.2) is 0 Å². The van der Waals surface area contributed by atoms with Crippen molar-refractivity contribution in [3.63, 3.8) is 0 Å². The number of rotatable bonds is 7. The number of benzene rings is 1. The van der Waals surface area contributed by atoms with E-state index in [1.54, 1.807) is 17.7 Å². The van der Waals surface area contributed by atoms with Crippen LogP contribution < -0.4 is 4.90 Å². The second-order valence-corrected chi connectivity index (χ2v) is 6.37. The number of anilines is 1. The molecule has 0 amide bonds. The zero-order chi connectivity index (χ0) is 16.9. The Hall–Kier alpha value is -2.02. The lowest BCUT2D eigenvalue weighted by atomic mass is 10.0. The molecule has 0 saturated carbocycles. The van der Waals surface area contributed by atoms with Gasteiger partial charge in [-0.2, -0.15) is 0 Å². The largest absolute Gasteiger partial charge is 0.395 e. The molecular formula is C18H21N3O2S. The van der Waals surface area contributed by atoms with Gasteiger partial charge in [0.25, 0.3) is 0 Å². The van der Waals surface area contributed by atoms with Crippen LogP contribution in [0.3, 0.4) is 0 Å². The Kier molecular flexibility index (Phi) is 5.40. The Balaban J connectivity index is 2.11. The Morgan fingerprint density at radius 3 is 2.38 bits per heavy atom. The standard InChI is InChI=1S/C18H21N3O2S/c1-2-13-3-5-14(6-4-13)15-11-24-18-16(15)17(19-12-20-18)21(7-9-22)8-10-23/h3-6,11-12,22-23H,2,7-10H2,1H3. The molecule has 2 N–H and O–H groups in total. The molecule has 2 aromatic heterocycles. The van der Waals surface area contributed by atoms with E-state index in [4.69, 9.17) is 0 Å². The summed E-state index contributed by atoms with van der Waals surface area (Å²) in [7, 11) is 0. The number of aliphatic hydroxyl groups is 2. The van der Waals surface area contributed by atoms with Gasteiger partial charge in [-0.3, -0.25) is 0 Å². The third-order valence-electron chi connectivity index (χ3n) is 4.06. The SMILES string of the molecule is CCc1ccc(-c2csc3ncnc(N(CCO)CCO)c23)cc1. The third-order valence-corrected chi connectivity index (χ3v) is 4.95. The van der Waals surface area contributed by atoms with Crippen molar-refractivity contribution >= 4 is 27.4 Å². The van der Waals surface area contributed by atoms with Gasteiger partial charge in [0.2, 0.25) is 0 Å². The van der Waals surface area contributed by atoms with Crippen molar-refractivity contribution in [3.05, 3.63) is 41.5 Å². The molecule has 1 aromatic carbocycles. The molecule has 24 heavy (non-hydrogen) atoms. The molecule has 0 aliphatic carbocycles. The lowest BCUT2D eigenvalue weighted by Crippen LogP contribution is -2.30. The summed E-state index contributed by atoms with van der Waals surface area (Å²) in [6.45, 7) is 3.02. The van der Waals surface area contributed by atoms with Crippen LogP contribution in [0.1, 0.15) is 12.5 Å². The Bertz CT molecular complexity index is 796. The summed E-state index contributed by atoms with van der Waals surface area (Å²) >= 11 is 1.58. The first-order valence-electron chi connectivity index (χ1n) is 8.06. The molecule has 6 heteroatoms. The number of fused-ring (bicyclic) bond motifs is 1. The third kappa shape index (κ3) is 3.26. The van der Waals surface area contributed by atoms with E-state index in [0.717, 1.165) is 33.6 Å². The predicted octanol–water partition coefficient (Wildman–Crippen LogP) is 2.71. The fraction of sp³-hybridized carbons (Fsp3) is 0.333. The monoisotopic (exact) mass is 343 g/mol. The molecule has 126 valence electrons. The minimum absolute atomic E-state index is 0.0101. The molecule has 0 bridgehead atoms. The van der Waals surface area contributed by atoms with Gasteiger partial charge in [-0.05, 0) is 17.5 Å². The fourth-order valence-electron chi connectivity index (χ4n) is 2.80. The number of aryl methyl sites for hydroxylation is 1. The molecule has 5 nitrogen and oxygen atoms in total. The highest BCUT2D eigenvalue weighted by molar-refractivity contribution is 7.17. The highest BCUT2D eigenvalue weighted by Crippen LogP contribution is 2.37. The summed E-state index contributed by atoms with van der Waals surface area (Å²) in [4.78, 5) is 11.6. The van der Waals surface area contributed by atoms with Gasteiger partial charge in [0.05, 0.1) is 18.6 Å². The number of thiophene rings is 1. The van der Waals surface area contributed by atoms with E-state index in [-0.39, 0.29) is 13.2 Å². The first-order valence-corrected chi connectivity index (χ1v) is 8.94. The van der Waals surface area contributed by atoms with E-state index in [0.29, 0.717) is 13.1 Å². The molecule has 0 unspecified atom stereocenters. The topological polar surface area (TPSA) is 69.5 Å². The molecule has 3 aromatic rings. The van der Waals surface area contributed by atoms with Gasteiger partial charge in [0, 0.05) is 24.0 Å². The number of nitrogens with zero attached hydrogens (tertiary/aromatic N) is 3. The second-order valence-electron chi connectivity index (χ2n) is 5.51. The average Bonchev–Trinajstić information content (AvgIpc) is 3.06. The lowest BCUT2D eigenvalue weighted by Gasteiger charge is -2.22. The number of aliphatic hydroxyl groups excluding tert-OH is 2. The lowest BCUT2D eigenvalue weighted by molar-refractivity contribution is 0.281. The summed E-state index contributed by atoms with van der Waals surface area (Å²) in [6, 6.07) is 8.53. The van der Waals surface area contributed by atoms with Crippen LogP contribution in [0, 0.1) is 0 Å². The van der Waals surface area contributed by atoms with E-state index in [1.807, 2.05) is 4.90 Å². The van der Waals surface area contributed by atoms with Crippen LogP contribution in [0.4, 0.5) is 5.82 Å².